The summed E-state index contributed by atoms with van der Waals surface area (Å²) in [4.78, 5) is 12.0. The number of hydrogen-bond donors (Lipinski definition) is 0. The first-order chi connectivity index (χ1) is 10.4. The lowest BCUT2D eigenvalue weighted by Crippen LogP contribution is -2.10. The predicted octanol–water partition coefficient (Wildman–Crippen LogP) is 5.08. The van der Waals surface area contributed by atoms with E-state index in [-0.39, 0.29) is 12.8 Å². The van der Waals surface area contributed by atoms with E-state index in [2.05, 4.69) is 0 Å². The van der Waals surface area contributed by atoms with Gasteiger partial charge in [0.2, 0.25) is 0 Å². The highest BCUT2D eigenvalue weighted by atomic mass is 35.5. The zero-order chi connectivity index (χ0) is 15.9. The number of benzene rings is 2. The Kier molecular flexibility index (Phi) is 3.73. The smallest absolute Gasteiger partial charge is 0.169 e. The lowest BCUT2D eigenvalue weighted by atomic mass is 10.0. The minimum atomic E-state index is -1.62. The van der Waals surface area contributed by atoms with Crippen LogP contribution in [0.2, 0.25) is 5.02 Å². The van der Waals surface area contributed by atoms with Gasteiger partial charge in [-0.05, 0) is 36.2 Å². The lowest BCUT2D eigenvalue weighted by Gasteiger charge is -2.09. The van der Waals surface area contributed by atoms with Gasteiger partial charge in [0.25, 0.3) is 0 Å². The summed E-state index contributed by atoms with van der Waals surface area (Å²) >= 11 is 5.76. The van der Waals surface area contributed by atoms with Crippen molar-refractivity contribution < 1.29 is 18.0 Å². The number of carbonyl (C=O) groups excluding carboxylic acids is 1. The third-order valence-electron chi connectivity index (χ3n) is 4.03. The topological polar surface area (TPSA) is 17.1 Å². The number of ketones is 1. The molecule has 0 unspecified atom stereocenters. The first kappa shape index (κ1) is 15.1. The second-order valence-corrected chi connectivity index (χ2v) is 5.93. The Morgan fingerprint density at radius 1 is 1.14 bits per heavy atom. The average molecular weight is 325 g/mol. The molecule has 2 atom stereocenters. The molecule has 22 heavy (non-hydrogen) atoms. The summed E-state index contributed by atoms with van der Waals surface area (Å²) in [6.45, 7) is 0. The fourth-order valence-corrected chi connectivity index (χ4v) is 2.83. The van der Waals surface area contributed by atoms with Gasteiger partial charge < -0.3 is 0 Å². The molecule has 1 nitrogen and oxygen atoms in total. The van der Waals surface area contributed by atoms with Crippen LogP contribution < -0.4 is 0 Å². The van der Waals surface area contributed by atoms with Crippen LogP contribution in [0, 0.1) is 17.6 Å². The average Bonchev–Trinajstić information content (AvgIpc) is 3.10. The Morgan fingerprint density at radius 2 is 1.73 bits per heavy atom. The molecule has 0 N–H and O–H groups in total. The quantitative estimate of drug-likeness (QED) is 0.717. The molecular weight excluding hydrogens is 313 g/mol. The van der Waals surface area contributed by atoms with Crippen molar-refractivity contribution in [3.8, 4) is 0 Å². The molecule has 3 rings (SSSR count). The van der Waals surface area contributed by atoms with Crippen LogP contribution in [0.25, 0.3) is 0 Å². The lowest BCUT2D eigenvalue weighted by molar-refractivity contribution is 0.0956. The number of carbonyl (C=O) groups is 1. The maximum atomic E-state index is 14.7. The van der Waals surface area contributed by atoms with E-state index >= 15 is 0 Å². The monoisotopic (exact) mass is 324 g/mol. The predicted molar refractivity (Wildman–Crippen MR) is 77.7 cm³/mol. The first-order valence-corrected chi connectivity index (χ1v) is 7.22. The standard InChI is InChI=1S/C17H12ClF3O/c18-12-6-4-10(5-7-12)17(21)9-11(17)8-15(22)16-13(19)2-1-3-14(16)20/h1-7,11H,8-9H2/t11-,17+/m1/s1. The second-order valence-electron chi connectivity index (χ2n) is 5.49. The molecule has 0 amide bonds. The van der Waals surface area contributed by atoms with Crippen molar-refractivity contribution in [2.45, 2.75) is 18.5 Å². The highest BCUT2D eigenvalue weighted by Gasteiger charge is 2.57. The summed E-state index contributed by atoms with van der Waals surface area (Å²) in [6, 6.07) is 9.51. The van der Waals surface area contributed by atoms with Crippen LogP contribution in [0.4, 0.5) is 13.2 Å². The molecule has 1 aliphatic rings. The number of rotatable bonds is 4. The molecule has 1 saturated carbocycles. The number of alkyl halides is 1. The third-order valence-corrected chi connectivity index (χ3v) is 4.28. The summed E-state index contributed by atoms with van der Waals surface area (Å²) in [5.41, 5.74) is -1.78. The summed E-state index contributed by atoms with van der Waals surface area (Å²) in [7, 11) is 0. The second kappa shape index (κ2) is 5.43. The number of hydrogen-bond acceptors (Lipinski definition) is 1. The Morgan fingerprint density at radius 3 is 2.32 bits per heavy atom. The molecular formula is C17H12ClF3O. The Hall–Kier alpha value is -1.81. The molecule has 1 aliphatic carbocycles. The van der Waals surface area contributed by atoms with Crippen LogP contribution in [0.5, 0.6) is 0 Å². The zero-order valence-corrected chi connectivity index (χ0v) is 12.2. The fraction of sp³-hybridized carbons (Fsp3) is 0.235. The number of halogens is 4. The van der Waals surface area contributed by atoms with Gasteiger partial charge in [0.05, 0.1) is 5.56 Å². The van der Waals surface area contributed by atoms with Gasteiger partial charge >= 0.3 is 0 Å². The summed E-state index contributed by atoms with van der Waals surface area (Å²) in [6.07, 6.45) is -0.0621. The van der Waals surface area contributed by atoms with Gasteiger partial charge in [0, 0.05) is 17.4 Å². The van der Waals surface area contributed by atoms with Gasteiger partial charge in [-0.25, -0.2) is 13.2 Å². The largest absolute Gasteiger partial charge is 0.294 e. The van der Waals surface area contributed by atoms with E-state index in [9.17, 15) is 18.0 Å². The van der Waals surface area contributed by atoms with Gasteiger partial charge in [-0.1, -0.05) is 29.8 Å². The molecule has 2 aromatic rings. The molecule has 0 spiro atoms. The maximum Gasteiger partial charge on any atom is 0.169 e. The van der Waals surface area contributed by atoms with Crippen LogP contribution in [0.3, 0.4) is 0 Å². The summed E-state index contributed by atoms with van der Waals surface area (Å²) in [5.74, 6) is -3.11. The molecule has 0 saturated heterocycles. The Labute approximate surface area is 130 Å². The highest BCUT2D eigenvalue weighted by molar-refractivity contribution is 6.30. The van der Waals surface area contributed by atoms with Crippen LogP contribution in [0.1, 0.15) is 28.8 Å². The third kappa shape index (κ3) is 2.63. The molecule has 0 aliphatic heterocycles. The van der Waals surface area contributed by atoms with E-state index in [0.717, 1.165) is 12.1 Å². The van der Waals surface area contributed by atoms with Gasteiger partial charge in [0.1, 0.15) is 17.3 Å². The Balaban J connectivity index is 1.76. The van der Waals surface area contributed by atoms with E-state index in [0.29, 0.717) is 10.6 Å². The molecule has 0 radical (unpaired) electrons. The van der Waals surface area contributed by atoms with Gasteiger partial charge in [-0.15, -0.1) is 0 Å². The van der Waals surface area contributed by atoms with Crippen molar-refractivity contribution in [2.24, 2.45) is 5.92 Å². The minimum Gasteiger partial charge on any atom is -0.294 e. The molecule has 114 valence electrons. The van der Waals surface area contributed by atoms with Crippen LogP contribution in [-0.4, -0.2) is 5.78 Å². The van der Waals surface area contributed by atoms with Crippen molar-refractivity contribution >= 4 is 17.4 Å². The molecule has 0 heterocycles. The fourth-order valence-electron chi connectivity index (χ4n) is 2.70. The van der Waals surface area contributed by atoms with E-state index in [1.807, 2.05) is 0 Å². The Bertz CT molecular complexity index is 709. The number of Topliss-reactive ketones (excluding diaryl/α,β-unsaturated/α-hetero) is 1. The first-order valence-electron chi connectivity index (χ1n) is 6.84. The van der Waals surface area contributed by atoms with Crippen molar-refractivity contribution in [3.63, 3.8) is 0 Å². The molecule has 0 bridgehead atoms. The summed E-state index contributed by atoms with van der Waals surface area (Å²) < 4.78 is 41.8. The zero-order valence-electron chi connectivity index (χ0n) is 11.5. The minimum absolute atomic E-state index is 0.163. The van der Waals surface area contributed by atoms with E-state index < -0.39 is 34.6 Å². The van der Waals surface area contributed by atoms with E-state index in [1.54, 1.807) is 24.3 Å². The molecule has 2 aromatic carbocycles. The van der Waals surface area contributed by atoms with Crippen LogP contribution >= 0.6 is 11.6 Å². The van der Waals surface area contributed by atoms with Crippen molar-refractivity contribution in [1.82, 2.24) is 0 Å². The molecule has 5 heteroatoms. The van der Waals surface area contributed by atoms with E-state index in [4.69, 9.17) is 11.6 Å². The van der Waals surface area contributed by atoms with Crippen molar-refractivity contribution in [3.05, 3.63) is 70.2 Å². The van der Waals surface area contributed by atoms with Crippen LogP contribution in [0.15, 0.2) is 42.5 Å². The maximum absolute atomic E-state index is 14.7. The summed E-state index contributed by atoms with van der Waals surface area (Å²) in [5, 5.41) is 0.494. The highest BCUT2D eigenvalue weighted by Crippen LogP contribution is 2.57. The molecule has 0 aromatic heterocycles. The van der Waals surface area contributed by atoms with Gasteiger partial charge in [-0.3, -0.25) is 4.79 Å². The van der Waals surface area contributed by atoms with Gasteiger partial charge in [-0.2, -0.15) is 0 Å². The van der Waals surface area contributed by atoms with Gasteiger partial charge in [0.15, 0.2) is 5.78 Å². The normalized spacial score (nSPS) is 23.4. The molecule has 1 fully saturated rings. The van der Waals surface area contributed by atoms with E-state index in [1.165, 1.54) is 6.07 Å². The van der Waals surface area contributed by atoms with Crippen LogP contribution in [-0.2, 0) is 5.67 Å². The van der Waals surface area contributed by atoms with Crippen molar-refractivity contribution in [2.75, 3.05) is 0 Å². The SMILES string of the molecule is O=C(C[C@@H]1C[C@]1(F)c1ccc(Cl)cc1)c1c(F)cccc1F. The van der Waals surface area contributed by atoms with Crippen molar-refractivity contribution in [1.29, 1.82) is 0 Å².